The summed E-state index contributed by atoms with van der Waals surface area (Å²) in [6, 6.07) is 11.8. The molecule has 0 saturated carbocycles. The Morgan fingerprint density at radius 2 is 1.85 bits per heavy atom. The van der Waals surface area contributed by atoms with Gasteiger partial charge in [0.05, 0.1) is 0 Å². The molecule has 2 aromatic rings. The first kappa shape index (κ1) is 13.2. The van der Waals surface area contributed by atoms with Crippen molar-refractivity contribution in [3.05, 3.63) is 64.5 Å². The van der Waals surface area contributed by atoms with E-state index in [-0.39, 0.29) is 11.9 Å². The monoisotopic (exact) mass is 269 g/mol. The van der Waals surface area contributed by atoms with Crippen molar-refractivity contribution >= 4 is 5.69 Å². The Morgan fingerprint density at radius 3 is 2.70 bits per heavy atom. The molecular weight excluding hydrogens is 249 g/mol. The first-order chi connectivity index (χ1) is 9.63. The van der Waals surface area contributed by atoms with Gasteiger partial charge in [-0.05, 0) is 67.5 Å². The third-order valence-electron chi connectivity index (χ3n) is 4.19. The van der Waals surface area contributed by atoms with Crippen LogP contribution in [-0.4, -0.2) is 0 Å². The van der Waals surface area contributed by atoms with Gasteiger partial charge < -0.3 is 5.32 Å². The fourth-order valence-corrected chi connectivity index (χ4v) is 2.93. The lowest BCUT2D eigenvalue weighted by atomic mass is 10.0. The molecule has 1 unspecified atom stereocenters. The first-order valence-electron chi connectivity index (χ1n) is 7.28. The Kier molecular flexibility index (Phi) is 3.47. The molecule has 1 aliphatic rings. The number of aryl methyl sites for hydroxylation is 3. The molecule has 0 saturated heterocycles. The van der Waals surface area contributed by atoms with Gasteiger partial charge in [-0.15, -0.1) is 0 Å². The van der Waals surface area contributed by atoms with Gasteiger partial charge in [-0.3, -0.25) is 0 Å². The Morgan fingerprint density at radius 1 is 1.05 bits per heavy atom. The molecule has 0 radical (unpaired) electrons. The maximum absolute atomic E-state index is 13.3. The van der Waals surface area contributed by atoms with E-state index >= 15 is 0 Å². The Labute approximate surface area is 119 Å². The number of rotatable bonds is 3. The zero-order chi connectivity index (χ0) is 14.1. The predicted molar refractivity (Wildman–Crippen MR) is 81.6 cm³/mol. The van der Waals surface area contributed by atoms with Crippen molar-refractivity contribution in [3.63, 3.8) is 0 Å². The van der Waals surface area contributed by atoms with Crippen LogP contribution in [-0.2, 0) is 12.8 Å². The molecule has 0 fully saturated rings. The van der Waals surface area contributed by atoms with Crippen LogP contribution in [0.15, 0.2) is 36.4 Å². The number of fused-ring (bicyclic) bond motifs is 1. The number of benzene rings is 2. The average Bonchev–Trinajstić information content (AvgIpc) is 2.90. The van der Waals surface area contributed by atoms with E-state index in [9.17, 15) is 4.39 Å². The zero-order valence-corrected chi connectivity index (χ0v) is 12.0. The molecular formula is C18H20FN. The van der Waals surface area contributed by atoms with Crippen LogP contribution in [0.3, 0.4) is 0 Å². The lowest BCUT2D eigenvalue weighted by Crippen LogP contribution is -2.08. The third-order valence-corrected chi connectivity index (χ3v) is 4.19. The SMILES string of the molecule is Cc1ccc(F)cc1NC(C)c1ccc2c(c1)CCC2. The molecule has 0 heterocycles. The number of hydrogen-bond acceptors (Lipinski definition) is 1. The molecule has 0 bridgehead atoms. The van der Waals surface area contributed by atoms with E-state index in [1.807, 2.05) is 13.0 Å². The van der Waals surface area contributed by atoms with Crippen molar-refractivity contribution in [1.82, 2.24) is 0 Å². The van der Waals surface area contributed by atoms with E-state index < -0.39 is 0 Å². The third kappa shape index (κ3) is 2.55. The van der Waals surface area contributed by atoms with Crippen molar-refractivity contribution in [2.24, 2.45) is 0 Å². The lowest BCUT2D eigenvalue weighted by molar-refractivity contribution is 0.627. The first-order valence-corrected chi connectivity index (χ1v) is 7.28. The highest BCUT2D eigenvalue weighted by molar-refractivity contribution is 5.52. The van der Waals surface area contributed by atoms with Gasteiger partial charge in [-0.25, -0.2) is 4.39 Å². The van der Waals surface area contributed by atoms with Crippen molar-refractivity contribution in [3.8, 4) is 0 Å². The summed E-state index contributed by atoms with van der Waals surface area (Å²) in [5.74, 6) is -0.195. The molecule has 2 heteroatoms. The molecule has 0 aromatic heterocycles. The van der Waals surface area contributed by atoms with Crippen LogP contribution in [0.1, 0.15) is 41.6 Å². The summed E-state index contributed by atoms with van der Waals surface area (Å²) < 4.78 is 13.3. The topological polar surface area (TPSA) is 12.0 Å². The van der Waals surface area contributed by atoms with E-state index in [1.165, 1.54) is 42.0 Å². The Bertz CT molecular complexity index is 633. The Balaban J connectivity index is 1.82. The second kappa shape index (κ2) is 5.28. The summed E-state index contributed by atoms with van der Waals surface area (Å²) in [5.41, 5.74) is 6.18. The number of hydrogen-bond donors (Lipinski definition) is 1. The van der Waals surface area contributed by atoms with Gasteiger partial charge in [0, 0.05) is 11.7 Å². The predicted octanol–water partition coefficient (Wildman–Crippen LogP) is 4.80. The largest absolute Gasteiger partial charge is 0.378 e. The minimum atomic E-state index is -0.195. The van der Waals surface area contributed by atoms with E-state index in [0.29, 0.717) is 0 Å². The van der Waals surface area contributed by atoms with Crippen molar-refractivity contribution in [2.45, 2.75) is 39.2 Å². The molecule has 0 spiro atoms. The molecule has 0 amide bonds. The molecule has 20 heavy (non-hydrogen) atoms. The van der Waals surface area contributed by atoms with Crippen LogP contribution >= 0.6 is 0 Å². The summed E-state index contributed by atoms with van der Waals surface area (Å²) in [5, 5.41) is 3.42. The summed E-state index contributed by atoms with van der Waals surface area (Å²) in [4.78, 5) is 0. The summed E-state index contributed by atoms with van der Waals surface area (Å²) in [7, 11) is 0. The second-order valence-electron chi connectivity index (χ2n) is 5.71. The van der Waals surface area contributed by atoms with Crippen LogP contribution in [0.4, 0.5) is 10.1 Å². The maximum Gasteiger partial charge on any atom is 0.125 e. The number of anilines is 1. The number of nitrogens with one attached hydrogen (secondary N) is 1. The molecule has 104 valence electrons. The van der Waals surface area contributed by atoms with Crippen LogP contribution in [0.5, 0.6) is 0 Å². The summed E-state index contributed by atoms with van der Waals surface area (Å²) in [6.45, 7) is 4.12. The van der Waals surface area contributed by atoms with E-state index in [0.717, 1.165) is 11.3 Å². The highest BCUT2D eigenvalue weighted by Gasteiger charge is 2.14. The van der Waals surface area contributed by atoms with E-state index in [1.54, 1.807) is 6.07 Å². The average molecular weight is 269 g/mol. The summed E-state index contributed by atoms with van der Waals surface area (Å²) in [6.07, 6.45) is 3.67. The standard InChI is InChI=1S/C18H20FN/c1-12-6-9-17(19)11-18(12)20-13(2)15-8-7-14-4-3-5-16(14)10-15/h6-11,13,20H,3-5H2,1-2H3. The van der Waals surface area contributed by atoms with Gasteiger partial charge in [0.15, 0.2) is 0 Å². The highest BCUT2D eigenvalue weighted by Crippen LogP contribution is 2.28. The molecule has 1 nitrogen and oxygen atoms in total. The highest BCUT2D eigenvalue weighted by atomic mass is 19.1. The van der Waals surface area contributed by atoms with Crippen LogP contribution in [0.2, 0.25) is 0 Å². The second-order valence-corrected chi connectivity index (χ2v) is 5.71. The molecule has 1 aliphatic carbocycles. The summed E-state index contributed by atoms with van der Waals surface area (Å²) >= 11 is 0. The van der Waals surface area contributed by atoms with Gasteiger partial charge in [0.25, 0.3) is 0 Å². The quantitative estimate of drug-likeness (QED) is 0.844. The van der Waals surface area contributed by atoms with Gasteiger partial charge in [-0.2, -0.15) is 0 Å². The zero-order valence-electron chi connectivity index (χ0n) is 12.0. The molecule has 2 aromatic carbocycles. The van der Waals surface area contributed by atoms with Gasteiger partial charge in [-0.1, -0.05) is 24.3 Å². The fourth-order valence-electron chi connectivity index (χ4n) is 2.93. The van der Waals surface area contributed by atoms with E-state index in [2.05, 4.69) is 30.4 Å². The number of halogens is 1. The normalized spacial score (nSPS) is 14.9. The molecule has 0 aliphatic heterocycles. The minimum absolute atomic E-state index is 0.182. The fraction of sp³-hybridized carbons (Fsp3) is 0.333. The maximum atomic E-state index is 13.3. The smallest absolute Gasteiger partial charge is 0.125 e. The van der Waals surface area contributed by atoms with Crippen LogP contribution in [0.25, 0.3) is 0 Å². The molecule has 3 rings (SSSR count). The van der Waals surface area contributed by atoms with Crippen molar-refractivity contribution in [2.75, 3.05) is 5.32 Å². The van der Waals surface area contributed by atoms with Gasteiger partial charge >= 0.3 is 0 Å². The van der Waals surface area contributed by atoms with Crippen molar-refractivity contribution < 1.29 is 4.39 Å². The Hall–Kier alpha value is -1.83. The van der Waals surface area contributed by atoms with E-state index in [4.69, 9.17) is 0 Å². The molecule has 1 N–H and O–H groups in total. The van der Waals surface area contributed by atoms with Gasteiger partial charge in [0.2, 0.25) is 0 Å². The minimum Gasteiger partial charge on any atom is -0.378 e. The van der Waals surface area contributed by atoms with Crippen molar-refractivity contribution in [1.29, 1.82) is 0 Å². The van der Waals surface area contributed by atoms with Crippen LogP contribution < -0.4 is 5.32 Å². The molecule has 1 atom stereocenters. The lowest BCUT2D eigenvalue weighted by Gasteiger charge is -2.18. The van der Waals surface area contributed by atoms with Gasteiger partial charge in [0.1, 0.15) is 5.82 Å². The van der Waals surface area contributed by atoms with Crippen LogP contribution in [0, 0.1) is 12.7 Å².